The second-order valence-electron chi connectivity index (χ2n) is 8.02. The lowest BCUT2D eigenvalue weighted by atomic mass is 9.85. The molecule has 150 valence electrons. The third-order valence-electron chi connectivity index (χ3n) is 6.13. The molecule has 1 fully saturated rings. The summed E-state index contributed by atoms with van der Waals surface area (Å²) in [4.78, 5) is 15.4. The van der Waals surface area contributed by atoms with Crippen LogP contribution in [0.25, 0.3) is 0 Å². The molecular weight excluding hydrogens is 340 g/mol. The number of benzene rings is 1. The van der Waals surface area contributed by atoms with Gasteiger partial charge in [-0.05, 0) is 81.6 Å². The average molecular weight is 375 g/mol. The molecule has 0 saturated carbocycles. The zero-order valence-electron chi connectivity index (χ0n) is 16.5. The number of fused-ring (bicyclic) bond motifs is 1. The van der Waals surface area contributed by atoms with Crippen molar-refractivity contribution in [2.75, 3.05) is 39.3 Å². The number of hydrogen-bond acceptors (Lipinski definition) is 5. The maximum absolute atomic E-state index is 10.4. The minimum Gasteiger partial charge on any atom is -0.504 e. The number of nitrogens with zero attached hydrogens (tertiary/aromatic N) is 2. The highest BCUT2D eigenvalue weighted by molar-refractivity contribution is 5.54. The number of hydrogen-bond donors (Lipinski definition) is 2. The van der Waals surface area contributed by atoms with Crippen molar-refractivity contribution >= 4 is 6.29 Å². The lowest BCUT2D eigenvalue weighted by molar-refractivity contribution is -0.108. The maximum atomic E-state index is 10.4. The van der Waals surface area contributed by atoms with E-state index in [0.717, 1.165) is 89.6 Å². The molecule has 0 spiro atoms. The zero-order valence-corrected chi connectivity index (χ0v) is 16.5. The Kier molecular flexibility index (Phi) is 7.53. The number of carbonyl (C=O) groups is 1. The molecule has 0 amide bonds. The summed E-state index contributed by atoms with van der Waals surface area (Å²) in [7, 11) is 0. The van der Waals surface area contributed by atoms with Crippen molar-refractivity contribution in [3.63, 3.8) is 0 Å². The summed E-state index contributed by atoms with van der Waals surface area (Å²) in [5.41, 5.74) is 3.52. The maximum Gasteiger partial charge on any atom is 0.160 e. The fourth-order valence-corrected chi connectivity index (χ4v) is 4.50. The summed E-state index contributed by atoms with van der Waals surface area (Å²) in [5.74, 6) is 0.163. The van der Waals surface area contributed by atoms with E-state index in [4.69, 9.17) is 0 Å². The first-order valence-electron chi connectivity index (χ1n) is 10.6. The van der Waals surface area contributed by atoms with Crippen LogP contribution in [0.1, 0.15) is 55.2 Å². The molecule has 3 rings (SSSR count). The van der Waals surface area contributed by atoms with Crippen LogP contribution in [0.2, 0.25) is 0 Å². The van der Waals surface area contributed by atoms with E-state index in [9.17, 15) is 15.0 Å². The Labute approximate surface area is 163 Å². The number of carbonyl (C=O) groups excluding carboxylic acids is 1. The number of aromatic hydroxyl groups is 2. The third-order valence-corrected chi connectivity index (χ3v) is 6.13. The highest BCUT2D eigenvalue weighted by atomic mass is 16.3. The van der Waals surface area contributed by atoms with E-state index < -0.39 is 0 Å². The van der Waals surface area contributed by atoms with Gasteiger partial charge in [-0.3, -0.25) is 0 Å². The Balaban J connectivity index is 1.40. The molecule has 0 bridgehead atoms. The molecule has 0 aromatic heterocycles. The molecule has 1 aromatic rings. The minimum atomic E-state index is 0.0522. The van der Waals surface area contributed by atoms with Crippen LogP contribution in [0.3, 0.4) is 0 Å². The molecule has 0 atom stereocenters. The quantitative estimate of drug-likeness (QED) is 0.395. The first-order valence-corrected chi connectivity index (χ1v) is 10.6. The lowest BCUT2D eigenvalue weighted by Crippen LogP contribution is -2.46. The van der Waals surface area contributed by atoms with Gasteiger partial charge in [0.1, 0.15) is 6.29 Å². The zero-order chi connectivity index (χ0) is 19.1. The highest BCUT2D eigenvalue weighted by Gasteiger charge is 2.20. The van der Waals surface area contributed by atoms with Gasteiger partial charge in [0.25, 0.3) is 0 Å². The molecule has 0 unspecified atom stereocenters. The third kappa shape index (κ3) is 5.45. The van der Waals surface area contributed by atoms with E-state index in [0.29, 0.717) is 6.42 Å². The predicted octanol–water partition coefficient (Wildman–Crippen LogP) is 2.90. The molecule has 1 aliphatic heterocycles. The summed E-state index contributed by atoms with van der Waals surface area (Å²) in [6.07, 6.45) is 10.2. The van der Waals surface area contributed by atoms with Gasteiger partial charge in [-0.15, -0.1) is 0 Å². The van der Waals surface area contributed by atoms with Crippen molar-refractivity contribution < 1.29 is 15.0 Å². The number of phenolic OH excluding ortho intramolecular Hbond substituents is 2. The van der Waals surface area contributed by atoms with Gasteiger partial charge in [0.2, 0.25) is 0 Å². The summed E-state index contributed by atoms with van der Waals surface area (Å²) < 4.78 is 0. The van der Waals surface area contributed by atoms with Crippen LogP contribution in [0.5, 0.6) is 11.5 Å². The Morgan fingerprint density at radius 3 is 2.19 bits per heavy atom. The molecule has 5 nitrogen and oxygen atoms in total. The second kappa shape index (κ2) is 10.1. The molecule has 2 N–H and O–H groups in total. The average Bonchev–Trinajstić information content (AvgIpc) is 2.70. The number of unbranched alkanes of at least 4 members (excludes halogenated alkanes) is 2. The standard InChI is InChI=1S/C22H34N2O3/c25-16-6-5-11-24-14-12-23(13-15-24)10-4-3-7-18-17-21(26)22(27)20-9-2-1-8-19(18)20/h16-17,26-27H,1-15H2. The molecule has 2 aliphatic rings. The van der Waals surface area contributed by atoms with Crippen LogP contribution < -0.4 is 0 Å². The van der Waals surface area contributed by atoms with E-state index in [1.165, 1.54) is 24.0 Å². The molecule has 5 heteroatoms. The minimum absolute atomic E-state index is 0.0522. The van der Waals surface area contributed by atoms with Gasteiger partial charge >= 0.3 is 0 Å². The summed E-state index contributed by atoms with van der Waals surface area (Å²) in [6, 6.07) is 1.79. The van der Waals surface area contributed by atoms with Gasteiger partial charge < -0.3 is 24.8 Å². The fraction of sp³-hybridized carbons (Fsp3) is 0.682. The van der Waals surface area contributed by atoms with Gasteiger partial charge in [0.15, 0.2) is 11.5 Å². The first kappa shape index (κ1) is 20.2. The number of phenols is 2. The molecule has 1 heterocycles. The molecule has 1 aromatic carbocycles. The number of aldehydes is 1. The number of rotatable bonds is 9. The van der Waals surface area contributed by atoms with Crippen LogP contribution in [0, 0.1) is 0 Å². The van der Waals surface area contributed by atoms with Crippen molar-refractivity contribution in [3.05, 3.63) is 22.8 Å². The largest absolute Gasteiger partial charge is 0.504 e. The van der Waals surface area contributed by atoms with Crippen LogP contribution in [0.4, 0.5) is 0 Å². The monoisotopic (exact) mass is 374 g/mol. The van der Waals surface area contributed by atoms with E-state index in [1.807, 2.05) is 0 Å². The van der Waals surface area contributed by atoms with E-state index in [2.05, 4.69) is 9.80 Å². The van der Waals surface area contributed by atoms with Crippen LogP contribution in [-0.2, 0) is 24.1 Å². The van der Waals surface area contributed by atoms with Gasteiger partial charge in [-0.25, -0.2) is 0 Å². The van der Waals surface area contributed by atoms with Gasteiger partial charge in [-0.1, -0.05) is 0 Å². The highest BCUT2D eigenvalue weighted by Crippen LogP contribution is 2.38. The Hall–Kier alpha value is -1.59. The van der Waals surface area contributed by atoms with Gasteiger partial charge in [0.05, 0.1) is 0 Å². The number of piperazine rings is 1. The molecular formula is C22H34N2O3. The predicted molar refractivity (Wildman–Crippen MR) is 108 cm³/mol. The Morgan fingerprint density at radius 1 is 0.889 bits per heavy atom. The molecule has 0 radical (unpaired) electrons. The van der Waals surface area contributed by atoms with E-state index >= 15 is 0 Å². The van der Waals surface area contributed by atoms with Crippen molar-refractivity contribution in [1.29, 1.82) is 0 Å². The van der Waals surface area contributed by atoms with Crippen LogP contribution in [0.15, 0.2) is 6.07 Å². The van der Waals surface area contributed by atoms with E-state index in [1.54, 1.807) is 6.07 Å². The van der Waals surface area contributed by atoms with Gasteiger partial charge in [-0.2, -0.15) is 0 Å². The fourth-order valence-electron chi connectivity index (χ4n) is 4.50. The van der Waals surface area contributed by atoms with Crippen molar-refractivity contribution in [2.45, 2.75) is 57.8 Å². The van der Waals surface area contributed by atoms with Crippen molar-refractivity contribution in [3.8, 4) is 11.5 Å². The summed E-state index contributed by atoms with van der Waals surface area (Å²) in [6.45, 7) is 6.64. The summed E-state index contributed by atoms with van der Waals surface area (Å²) >= 11 is 0. The Bertz CT molecular complexity index is 624. The first-order chi connectivity index (χ1) is 13.2. The molecule has 1 aliphatic carbocycles. The van der Waals surface area contributed by atoms with Crippen LogP contribution >= 0.6 is 0 Å². The molecule has 1 saturated heterocycles. The number of aryl methyl sites for hydroxylation is 1. The topological polar surface area (TPSA) is 64.0 Å². The van der Waals surface area contributed by atoms with Crippen molar-refractivity contribution in [1.82, 2.24) is 9.80 Å². The van der Waals surface area contributed by atoms with E-state index in [-0.39, 0.29) is 11.5 Å². The normalized spacial score (nSPS) is 18.4. The second-order valence-corrected chi connectivity index (χ2v) is 8.02. The Morgan fingerprint density at radius 2 is 1.52 bits per heavy atom. The summed E-state index contributed by atoms with van der Waals surface area (Å²) in [5, 5.41) is 20.2. The smallest absolute Gasteiger partial charge is 0.160 e. The van der Waals surface area contributed by atoms with Crippen LogP contribution in [-0.4, -0.2) is 65.6 Å². The van der Waals surface area contributed by atoms with Gasteiger partial charge in [0, 0.05) is 38.2 Å². The SMILES string of the molecule is O=CCCCN1CCN(CCCCc2cc(O)c(O)c3c2CCCC3)CC1. The van der Waals surface area contributed by atoms with Crippen molar-refractivity contribution in [2.24, 2.45) is 0 Å². The lowest BCUT2D eigenvalue weighted by Gasteiger charge is -2.34. The molecule has 27 heavy (non-hydrogen) atoms.